The van der Waals surface area contributed by atoms with Crippen molar-refractivity contribution in [3.63, 3.8) is 0 Å². The van der Waals surface area contributed by atoms with Crippen LogP contribution >= 0.6 is 0 Å². The molecule has 1 aliphatic carbocycles. The molecule has 4 rings (SSSR count). The van der Waals surface area contributed by atoms with Gasteiger partial charge in [-0.1, -0.05) is 36.4 Å². The Bertz CT molecular complexity index is 1040. The van der Waals surface area contributed by atoms with Gasteiger partial charge in [-0.25, -0.2) is 5.43 Å². The van der Waals surface area contributed by atoms with Gasteiger partial charge in [0.1, 0.15) is 17.2 Å². The number of ketones is 1. The molecular weight excluding hydrogens is 304 g/mol. The van der Waals surface area contributed by atoms with E-state index in [0.29, 0.717) is 22.6 Å². The molecule has 24 heavy (non-hydrogen) atoms. The lowest BCUT2D eigenvalue weighted by molar-refractivity contribution is 0.0953. The molecule has 0 saturated carbocycles. The maximum absolute atomic E-state index is 12.6. The second-order valence-electron chi connectivity index (χ2n) is 5.77. The second-order valence-corrected chi connectivity index (χ2v) is 5.77. The quantitative estimate of drug-likeness (QED) is 0.736. The number of hydrogen-bond donors (Lipinski definition) is 1. The van der Waals surface area contributed by atoms with E-state index >= 15 is 0 Å². The molecule has 118 valence electrons. The highest BCUT2D eigenvalue weighted by molar-refractivity contribution is 6.59. The first-order chi connectivity index (χ1) is 11.6. The highest BCUT2D eigenvalue weighted by Gasteiger charge is 2.29. The number of nitrogens with one attached hydrogen (secondary N) is 1. The molecule has 1 N–H and O–H groups in total. The average molecular weight is 318 g/mol. The van der Waals surface area contributed by atoms with E-state index < -0.39 is 5.91 Å². The van der Waals surface area contributed by atoms with Crippen molar-refractivity contribution in [3.8, 4) is 0 Å². The van der Waals surface area contributed by atoms with Gasteiger partial charge >= 0.3 is 0 Å². The largest absolute Gasteiger partial charge is 0.466 e. The monoisotopic (exact) mass is 318 g/mol. The molecule has 1 aromatic heterocycles. The lowest BCUT2D eigenvalue weighted by Gasteiger charge is -2.01. The maximum Gasteiger partial charge on any atom is 0.274 e. The molecule has 3 aromatic rings. The number of carbonyl (C=O) groups excluding carboxylic acids is 2. The van der Waals surface area contributed by atoms with Gasteiger partial charge in [0.05, 0.1) is 5.56 Å². The lowest BCUT2D eigenvalue weighted by atomic mass is 10.1. The molecule has 0 aliphatic heterocycles. The summed E-state index contributed by atoms with van der Waals surface area (Å²) in [5, 5.41) is 5.96. The van der Waals surface area contributed by atoms with E-state index in [1.54, 1.807) is 26.0 Å². The van der Waals surface area contributed by atoms with Gasteiger partial charge in [-0.3, -0.25) is 9.59 Å². The summed E-state index contributed by atoms with van der Waals surface area (Å²) in [6.45, 7) is 3.49. The minimum atomic E-state index is -0.396. The van der Waals surface area contributed by atoms with E-state index in [1.807, 2.05) is 30.3 Å². The fraction of sp³-hybridized carbons (Fsp3) is 0.105. The van der Waals surface area contributed by atoms with Crippen LogP contribution in [-0.4, -0.2) is 17.4 Å². The number of Topliss-reactive ketones (excluding diaryl/α,β-unsaturated/α-hetero) is 1. The zero-order chi connectivity index (χ0) is 16.8. The molecule has 1 amide bonds. The van der Waals surface area contributed by atoms with Crippen LogP contribution in [0.1, 0.15) is 37.8 Å². The van der Waals surface area contributed by atoms with Crippen LogP contribution in [0.4, 0.5) is 0 Å². The molecule has 0 bridgehead atoms. The van der Waals surface area contributed by atoms with E-state index in [2.05, 4.69) is 10.5 Å². The average Bonchev–Trinajstić information content (AvgIpc) is 3.05. The third kappa shape index (κ3) is 2.06. The van der Waals surface area contributed by atoms with Crippen molar-refractivity contribution in [1.29, 1.82) is 0 Å². The Morgan fingerprint density at radius 3 is 2.46 bits per heavy atom. The summed E-state index contributed by atoms with van der Waals surface area (Å²) in [4.78, 5) is 24.9. The smallest absolute Gasteiger partial charge is 0.274 e. The molecule has 0 fully saturated rings. The highest BCUT2D eigenvalue weighted by Crippen LogP contribution is 2.30. The summed E-state index contributed by atoms with van der Waals surface area (Å²) in [5.41, 5.74) is 4.50. The maximum atomic E-state index is 12.6. The fourth-order valence-corrected chi connectivity index (χ4v) is 3.11. The molecule has 5 nitrogen and oxygen atoms in total. The molecule has 5 heteroatoms. The molecule has 0 spiro atoms. The van der Waals surface area contributed by atoms with Crippen molar-refractivity contribution < 1.29 is 14.0 Å². The van der Waals surface area contributed by atoms with Crippen LogP contribution in [0.15, 0.2) is 52.0 Å². The number of hydrogen-bond acceptors (Lipinski definition) is 4. The van der Waals surface area contributed by atoms with E-state index in [4.69, 9.17) is 4.42 Å². The predicted octanol–water partition coefficient (Wildman–Crippen LogP) is 3.38. The number of amides is 1. The summed E-state index contributed by atoms with van der Waals surface area (Å²) in [7, 11) is 0. The van der Waals surface area contributed by atoms with E-state index in [9.17, 15) is 9.59 Å². The number of benzene rings is 2. The van der Waals surface area contributed by atoms with Crippen molar-refractivity contribution >= 4 is 28.2 Å². The number of hydrazone groups is 1. The van der Waals surface area contributed by atoms with Crippen molar-refractivity contribution in [1.82, 2.24) is 5.43 Å². The van der Waals surface area contributed by atoms with Crippen LogP contribution in [0, 0.1) is 13.8 Å². The normalized spacial score (nSPS) is 14.6. The van der Waals surface area contributed by atoms with Crippen LogP contribution in [0.5, 0.6) is 0 Å². The standard InChI is InChI=1S/C19H14N2O3/c1-10-9-15(11(2)24-10)19(23)21-20-17-13-7-3-5-12-6-4-8-14(16(12)13)18(17)22/h3-9H,1-2H3,(H,21,23)/b20-17-. The van der Waals surface area contributed by atoms with Crippen molar-refractivity contribution in [2.24, 2.45) is 5.10 Å². The van der Waals surface area contributed by atoms with Gasteiger partial charge in [0.2, 0.25) is 5.78 Å². The molecule has 1 aliphatic rings. The van der Waals surface area contributed by atoms with E-state index in [-0.39, 0.29) is 11.5 Å². The van der Waals surface area contributed by atoms with Gasteiger partial charge in [0.25, 0.3) is 5.91 Å². The number of furan rings is 1. The Labute approximate surface area is 138 Å². The zero-order valence-electron chi connectivity index (χ0n) is 13.2. The molecule has 0 radical (unpaired) electrons. The minimum Gasteiger partial charge on any atom is -0.466 e. The molecular formula is C19H14N2O3. The number of carbonyl (C=O) groups is 2. The topological polar surface area (TPSA) is 71.7 Å². The first-order valence-electron chi connectivity index (χ1n) is 7.58. The Morgan fingerprint density at radius 2 is 1.79 bits per heavy atom. The fourth-order valence-electron chi connectivity index (χ4n) is 3.11. The van der Waals surface area contributed by atoms with Gasteiger partial charge in [-0.05, 0) is 25.3 Å². The van der Waals surface area contributed by atoms with Crippen LogP contribution in [0.25, 0.3) is 10.8 Å². The molecule has 1 heterocycles. The SMILES string of the molecule is Cc1cc(C(=O)N/N=C2\C(=O)c3cccc4cccc2c34)c(C)o1. The number of nitrogens with zero attached hydrogens (tertiary/aromatic N) is 1. The molecule has 2 aromatic carbocycles. The first kappa shape index (κ1) is 14.4. The molecule has 0 unspecified atom stereocenters. The van der Waals surface area contributed by atoms with Crippen LogP contribution < -0.4 is 5.43 Å². The van der Waals surface area contributed by atoms with E-state index in [0.717, 1.165) is 16.3 Å². The van der Waals surface area contributed by atoms with Crippen LogP contribution in [0.3, 0.4) is 0 Å². The lowest BCUT2D eigenvalue weighted by Crippen LogP contribution is -2.22. The van der Waals surface area contributed by atoms with Gasteiger partial charge in [-0.2, -0.15) is 5.10 Å². The van der Waals surface area contributed by atoms with Gasteiger partial charge in [0.15, 0.2) is 0 Å². The highest BCUT2D eigenvalue weighted by atomic mass is 16.3. The van der Waals surface area contributed by atoms with Crippen LogP contribution in [-0.2, 0) is 0 Å². The Hall–Kier alpha value is -3.21. The third-order valence-electron chi connectivity index (χ3n) is 4.17. The Morgan fingerprint density at radius 1 is 1.08 bits per heavy atom. The van der Waals surface area contributed by atoms with Crippen molar-refractivity contribution in [3.05, 3.63) is 70.7 Å². The Balaban J connectivity index is 1.72. The van der Waals surface area contributed by atoms with Gasteiger partial charge in [0, 0.05) is 16.5 Å². The predicted molar refractivity (Wildman–Crippen MR) is 90.5 cm³/mol. The van der Waals surface area contributed by atoms with Crippen LogP contribution in [0.2, 0.25) is 0 Å². The summed E-state index contributed by atoms with van der Waals surface area (Å²) in [6, 6.07) is 12.9. The number of aryl methyl sites for hydroxylation is 2. The summed E-state index contributed by atoms with van der Waals surface area (Å²) in [6.07, 6.45) is 0. The van der Waals surface area contributed by atoms with Crippen molar-refractivity contribution in [2.45, 2.75) is 13.8 Å². The molecule has 0 atom stereocenters. The van der Waals surface area contributed by atoms with Crippen molar-refractivity contribution in [2.75, 3.05) is 0 Å². The van der Waals surface area contributed by atoms with Gasteiger partial charge < -0.3 is 4.42 Å². The second kappa shape index (κ2) is 5.16. The summed E-state index contributed by atoms with van der Waals surface area (Å²) in [5.74, 6) is 0.600. The van der Waals surface area contributed by atoms with E-state index in [1.165, 1.54) is 0 Å². The first-order valence-corrected chi connectivity index (χ1v) is 7.58. The third-order valence-corrected chi connectivity index (χ3v) is 4.17. The Kier molecular flexibility index (Phi) is 3.09. The zero-order valence-corrected chi connectivity index (χ0v) is 13.2. The van der Waals surface area contributed by atoms with Gasteiger partial charge in [-0.15, -0.1) is 0 Å². The number of rotatable bonds is 2. The minimum absolute atomic E-state index is 0.179. The molecule has 0 saturated heterocycles. The summed E-state index contributed by atoms with van der Waals surface area (Å²) < 4.78 is 5.35. The summed E-state index contributed by atoms with van der Waals surface area (Å²) >= 11 is 0.